The minimum atomic E-state index is -3.75. The normalized spacial score (nSPS) is 21.6. The van der Waals surface area contributed by atoms with Crippen molar-refractivity contribution in [3.05, 3.63) is 16.5 Å². The van der Waals surface area contributed by atoms with Crippen molar-refractivity contribution in [1.29, 1.82) is 0 Å². The number of carboxylic acids is 1. The molecule has 6 nitrogen and oxygen atoms in total. The predicted molar refractivity (Wildman–Crippen MR) is 75.2 cm³/mol. The lowest BCUT2D eigenvalue weighted by atomic mass is 10.1. The Labute approximate surface area is 125 Å². The summed E-state index contributed by atoms with van der Waals surface area (Å²) in [4.78, 5) is 10.7. The van der Waals surface area contributed by atoms with Crippen molar-refractivity contribution in [2.24, 2.45) is 0 Å². The van der Waals surface area contributed by atoms with Gasteiger partial charge in [0.05, 0.1) is 0 Å². The van der Waals surface area contributed by atoms with Crippen LogP contribution in [0.1, 0.15) is 43.2 Å². The summed E-state index contributed by atoms with van der Waals surface area (Å²) < 4.78 is 31.6. The number of aromatic carboxylic acids is 1. The highest BCUT2D eigenvalue weighted by molar-refractivity contribution is 9.10. The largest absolute Gasteiger partial charge is 0.475 e. The van der Waals surface area contributed by atoms with Crippen molar-refractivity contribution in [3.8, 4) is 0 Å². The summed E-state index contributed by atoms with van der Waals surface area (Å²) in [5.74, 6) is -1.69. The SMILES string of the molecule is CC1CCCCCN1S(=O)(=O)c1cc(C(=O)O)oc1Br. The minimum Gasteiger partial charge on any atom is -0.475 e. The van der Waals surface area contributed by atoms with Gasteiger partial charge in [0.1, 0.15) is 4.90 Å². The molecule has 0 radical (unpaired) electrons. The van der Waals surface area contributed by atoms with Crippen LogP contribution in [0.15, 0.2) is 20.0 Å². The topological polar surface area (TPSA) is 87.8 Å². The van der Waals surface area contributed by atoms with E-state index in [0.717, 1.165) is 31.7 Å². The zero-order valence-electron chi connectivity index (χ0n) is 11.0. The first kappa shape index (κ1) is 15.5. The monoisotopic (exact) mass is 365 g/mol. The van der Waals surface area contributed by atoms with Crippen LogP contribution in [0.25, 0.3) is 0 Å². The molecule has 8 heteroatoms. The van der Waals surface area contributed by atoms with Gasteiger partial charge in [-0.15, -0.1) is 0 Å². The first-order chi connectivity index (χ1) is 9.34. The van der Waals surface area contributed by atoms with Gasteiger partial charge in [0.15, 0.2) is 4.67 Å². The highest BCUT2D eigenvalue weighted by Crippen LogP contribution is 2.31. The molecule has 1 aliphatic rings. The summed E-state index contributed by atoms with van der Waals surface area (Å²) in [6, 6.07) is 0.955. The van der Waals surface area contributed by atoms with Crippen molar-refractivity contribution < 1.29 is 22.7 Å². The lowest BCUT2D eigenvalue weighted by Crippen LogP contribution is -2.38. The number of nitrogens with zero attached hydrogens (tertiary/aromatic N) is 1. The lowest BCUT2D eigenvalue weighted by Gasteiger charge is -2.25. The summed E-state index contributed by atoms with van der Waals surface area (Å²) in [6.07, 6.45) is 3.62. The Kier molecular flexibility index (Phi) is 4.55. The quantitative estimate of drug-likeness (QED) is 0.889. The number of sulfonamides is 1. The molecule has 2 rings (SSSR count). The van der Waals surface area contributed by atoms with E-state index in [4.69, 9.17) is 9.52 Å². The minimum absolute atomic E-state index is 0.0636. The van der Waals surface area contributed by atoms with Crippen molar-refractivity contribution >= 4 is 31.9 Å². The maximum absolute atomic E-state index is 12.7. The van der Waals surface area contributed by atoms with Crippen LogP contribution >= 0.6 is 15.9 Å². The molecule has 1 fully saturated rings. The smallest absolute Gasteiger partial charge is 0.371 e. The van der Waals surface area contributed by atoms with Crippen LogP contribution in [0.2, 0.25) is 0 Å². The Morgan fingerprint density at radius 3 is 2.75 bits per heavy atom. The second-order valence-corrected chi connectivity index (χ2v) is 7.45. The van der Waals surface area contributed by atoms with Crippen LogP contribution in [0.5, 0.6) is 0 Å². The zero-order chi connectivity index (χ0) is 14.9. The summed E-state index contributed by atoms with van der Waals surface area (Å²) >= 11 is 2.99. The van der Waals surface area contributed by atoms with E-state index >= 15 is 0 Å². The maximum atomic E-state index is 12.7. The molecule has 20 heavy (non-hydrogen) atoms. The molecule has 1 saturated heterocycles. The molecule has 1 unspecified atom stereocenters. The Bertz CT molecular complexity index is 609. The molecular formula is C12H16BrNO5S. The molecule has 1 atom stereocenters. The average molecular weight is 366 g/mol. The van der Waals surface area contributed by atoms with Crippen LogP contribution in [0.4, 0.5) is 0 Å². The van der Waals surface area contributed by atoms with Crippen molar-refractivity contribution in [2.45, 2.75) is 43.5 Å². The molecule has 0 saturated carbocycles. The van der Waals surface area contributed by atoms with Gasteiger partial charge in [-0.25, -0.2) is 13.2 Å². The molecule has 0 bridgehead atoms. The Balaban J connectivity index is 2.41. The van der Waals surface area contributed by atoms with Gasteiger partial charge in [-0.3, -0.25) is 0 Å². The number of carboxylic acid groups (broad SMARTS) is 1. The highest BCUT2D eigenvalue weighted by atomic mass is 79.9. The molecular weight excluding hydrogens is 350 g/mol. The predicted octanol–water partition coefficient (Wildman–Crippen LogP) is 2.69. The molecule has 1 aromatic heterocycles. The summed E-state index contributed by atoms with van der Waals surface area (Å²) in [5, 5.41) is 8.87. The van der Waals surface area contributed by atoms with E-state index in [1.807, 2.05) is 6.92 Å². The molecule has 1 aromatic rings. The number of halogens is 1. The molecule has 0 spiro atoms. The number of carbonyl (C=O) groups is 1. The Morgan fingerprint density at radius 2 is 2.15 bits per heavy atom. The van der Waals surface area contributed by atoms with Crippen molar-refractivity contribution in [2.75, 3.05) is 6.54 Å². The van der Waals surface area contributed by atoms with Crippen molar-refractivity contribution in [3.63, 3.8) is 0 Å². The van der Waals surface area contributed by atoms with Crippen LogP contribution in [-0.4, -0.2) is 36.4 Å². The van der Waals surface area contributed by atoms with Crippen LogP contribution in [0, 0.1) is 0 Å². The van der Waals surface area contributed by atoms with E-state index in [-0.39, 0.29) is 15.6 Å². The molecule has 0 aliphatic carbocycles. The van der Waals surface area contributed by atoms with Gasteiger partial charge in [-0.05, 0) is 35.7 Å². The second-order valence-electron chi connectivity index (χ2n) is 4.87. The van der Waals surface area contributed by atoms with Gasteiger partial charge in [-0.2, -0.15) is 4.31 Å². The average Bonchev–Trinajstić information content (AvgIpc) is 2.62. The standard InChI is InChI=1S/C12H16BrNO5S/c1-8-5-3-2-4-6-14(8)20(17,18)10-7-9(12(15)16)19-11(10)13/h7-8H,2-6H2,1H3,(H,15,16). The zero-order valence-corrected chi connectivity index (χ0v) is 13.4. The summed E-state index contributed by atoms with van der Waals surface area (Å²) in [7, 11) is -3.75. The number of furan rings is 1. The first-order valence-electron chi connectivity index (χ1n) is 6.38. The van der Waals surface area contributed by atoms with Gasteiger partial charge in [0.25, 0.3) is 0 Å². The van der Waals surface area contributed by atoms with E-state index in [1.54, 1.807) is 0 Å². The molecule has 112 valence electrons. The lowest BCUT2D eigenvalue weighted by molar-refractivity contribution is 0.0661. The Hall–Kier alpha value is -0.860. The van der Waals surface area contributed by atoms with E-state index in [9.17, 15) is 13.2 Å². The van der Waals surface area contributed by atoms with E-state index in [0.29, 0.717) is 6.54 Å². The van der Waals surface area contributed by atoms with E-state index in [2.05, 4.69) is 15.9 Å². The Morgan fingerprint density at radius 1 is 1.45 bits per heavy atom. The van der Waals surface area contributed by atoms with Gasteiger partial charge in [0, 0.05) is 18.7 Å². The number of hydrogen-bond acceptors (Lipinski definition) is 4. The molecule has 1 N–H and O–H groups in total. The second kappa shape index (κ2) is 5.87. The molecule has 1 aliphatic heterocycles. The maximum Gasteiger partial charge on any atom is 0.371 e. The van der Waals surface area contributed by atoms with Crippen molar-refractivity contribution in [1.82, 2.24) is 4.31 Å². The van der Waals surface area contributed by atoms with E-state index < -0.39 is 21.8 Å². The fourth-order valence-electron chi connectivity index (χ4n) is 2.37. The third-order valence-electron chi connectivity index (χ3n) is 3.44. The third kappa shape index (κ3) is 2.91. The van der Waals surface area contributed by atoms with Crippen LogP contribution in [0.3, 0.4) is 0 Å². The molecule has 0 aromatic carbocycles. The fraction of sp³-hybridized carbons (Fsp3) is 0.583. The number of rotatable bonds is 3. The van der Waals surface area contributed by atoms with Gasteiger partial charge < -0.3 is 9.52 Å². The summed E-state index contributed by atoms with van der Waals surface area (Å²) in [5.41, 5.74) is 0. The first-order valence-corrected chi connectivity index (χ1v) is 8.62. The summed E-state index contributed by atoms with van der Waals surface area (Å²) in [6.45, 7) is 2.32. The van der Waals surface area contributed by atoms with Crippen LogP contribution in [-0.2, 0) is 10.0 Å². The van der Waals surface area contributed by atoms with Crippen LogP contribution < -0.4 is 0 Å². The van der Waals surface area contributed by atoms with Gasteiger partial charge in [0.2, 0.25) is 15.8 Å². The molecule has 2 heterocycles. The van der Waals surface area contributed by atoms with Gasteiger partial charge in [-0.1, -0.05) is 12.8 Å². The van der Waals surface area contributed by atoms with Gasteiger partial charge >= 0.3 is 5.97 Å². The number of hydrogen-bond donors (Lipinski definition) is 1. The van der Waals surface area contributed by atoms with E-state index in [1.165, 1.54) is 4.31 Å². The molecule has 0 amide bonds. The third-order valence-corrected chi connectivity index (χ3v) is 6.32. The fourth-order valence-corrected chi connectivity index (χ4v) is 4.97. The highest BCUT2D eigenvalue weighted by Gasteiger charge is 2.34.